The highest BCUT2D eigenvalue weighted by atomic mass is 19.4. The van der Waals surface area contributed by atoms with Crippen LogP contribution in [0.1, 0.15) is 29.8 Å². The molecule has 0 bridgehead atoms. The molecule has 1 rings (SSSR count). The summed E-state index contributed by atoms with van der Waals surface area (Å²) in [5.74, 6) is -1.21. The van der Waals surface area contributed by atoms with Crippen molar-refractivity contribution in [3.05, 3.63) is 35.4 Å². The van der Waals surface area contributed by atoms with Gasteiger partial charge in [-0.3, -0.25) is 9.59 Å². The van der Waals surface area contributed by atoms with E-state index < -0.39 is 29.1 Å². The fourth-order valence-corrected chi connectivity index (χ4v) is 1.84. The third kappa shape index (κ3) is 4.47. The zero-order chi connectivity index (χ0) is 16.0. The molecule has 0 aliphatic heterocycles. The molecule has 0 unspecified atom stereocenters. The van der Waals surface area contributed by atoms with E-state index in [1.807, 2.05) is 0 Å². The second-order valence-corrected chi connectivity index (χ2v) is 4.32. The van der Waals surface area contributed by atoms with E-state index in [1.165, 1.54) is 12.1 Å². The third-order valence-corrected chi connectivity index (χ3v) is 2.84. The number of alkyl halides is 3. The molecule has 0 heterocycles. The SMILES string of the molecule is CCNC(=O)CN(CC)C(=O)c1ccccc1C(F)(F)F. The van der Waals surface area contributed by atoms with Gasteiger partial charge in [-0.05, 0) is 26.0 Å². The summed E-state index contributed by atoms with van der Waals surface area (Å²) >= 11 is 0. The molecule has 21 heavy (non-hydrogen) atoms. The Morgan fingerprint density at radius 2 is 1.81 bits per heavy atom. The maximum Gasteiger partial charge on any atom is 0.417 e. The fraction of sp³-hybridized carbons (Fsp3) is 0.429. The zero-order valence-electron chi connectivity index (χ0n) is 11.8. The second kappa shape index (κ2) is 7.10. The molecule has 1 aromatic carbocycles. The van der Waals surface area contributed by atoms with Crippen LogP contribution >= 0.6 is 0 Å². The van der Waals surface area contributed by atoms with E-state index in [4.69, 9.17) is 0 Å². The first-order valence-electron chi connectivity index (χ1n) is 6.53. The number of likely N-dealkylation sites (N-methyl/N-ethyl adjacent to an activating group) is 2. The van der Waals surface area contributed by atoms with Crippen LogP contribution in [0, 0.1) is 0 Å². The number of nitrogens with one attached hydrogen (secondary N) is 1. The molecule has 0 aromatic heterocycles. The highest BCUT2D eigenvalue weighted by molar-refractivity contribution is 5.97. The third-order valence-electron chi connectivity index (χ3n) is 2.84. The molecule has 0 atom stereocenters. The molecular formula is C14H17F3N2O2. The molecule has 0 saturated carbocycles. The van der Waals surface area contributed by atoms with Crippen molar-refractivity contribution in [3.63, 3.8) is 0 Å². The van der Waals surface area contributed by atoms with Crippen LogP contribution in [0.2, 0.25) is 0 Å². The van der Waals surface area contributed by atoms with E-state index in [-0.39, 0.29) is 13.1 Å². The molecule has 0 aliphatic rings. The molecule has 116 valence electrons. The molecule has 1 N–H and O–H groups in total. The lowest BCUT2D eigenvalue weighted by Crippen LogP contribution is -2.41. The minimum Gasteiger partial charge on any atom is -0.355 e. The van der Waals surface area contributed by atoms with Crippen molar-refractivity contribution in [2.45, 2.75) is 20.0 Å². The van der Waals surface area contributed by atoms with E-state index in [2.05, 4.69) is 5.32 Å². The molecule has 0 radical (unpaired) electrons. The average molecular weight is 302 g/mol. The van der Waals surface area contributed by atoms with Gasteiger partial charge in [0.05, 0.1) is 17.7 Å². The predicted molar refractivity (Wildman–Crippen MR) is 71.7 cm³/mol. The van der Waals surface area contributed by atoms with Crippen molar-refractivity contribution >= 4 is 11.8 Å². The van der Waals surface area contributed by atoms with Crippen molar-refractivity contribution in [3.8, 4) is 0 Å². The van der Waals surface area contributed by atoms with Crippen molar-refractivity contribution in [1.29, 1.82) is 0 Å². The number of amides is 2. The van der Waals surface area contributed by atoms with Crippen molar-refractivity contribution in [2.75, 3.05) is 19.6 Å². The Morgan fingerprint density at radius 3 is 2.33 bits per heavy atom. The van der Waals surface area contributed by atoms with Crippen LogP contribution in [0.25, 0.3) is 0 Å². The maximum atomic E-state index is 12.9. The summed E-state index contributed by atoms with van der Waals surface area (Å²) in [7, 11) is 0. The quantitative estimate of drug-likeness (QED) is 0.907. The van der Waals surface area contributed by atoms with Gasteiger partial charge >= 0.3 is 6.18 Å². The maximum absolute atomic E-state index is 12.9. The zero-order valence-corrected chi connectivity index (χ0v) is 11.8. The van der Waals surface area contributed by atoms with Gasteiger partial charge in [-0.15, -0.1) is 0 Å². The van der Waals surface area contributed by atoms with Gasteiger partial charge in [-0.25, -0.2) is 0 Å². The number of halogens is 3. The second-order valence-electron chi connectivity index (χ2n) is 4.32. The van der Waals surface area contributed by atoms with E-state index >= 15 is 0 Å². The number of hydrogen-bond donors (Lipinski definition) is 1. The lowest BCUT2D eigenvalue weighted by Gasteiger charge is -2.22. The van der Waals surface area contributed by atoms with E-state index in [1.54, 1.807) is 13.8 Å². The Bertz CT molecular complexity index is 515. The summed E-state index contributed by atoms with van der Waals surface area (Å²) < 4.78 is 38.7. The van der Waals surface area contributed by atoms with Crippen LogP contribution < -0.4 is 5.32 Å². The van der Waals surface area contributed by atoms with Gasteiger partial charge < -0.3 is 10.2 Å². The van der Waals surface area contributed by atoms with Gasteiger partial charge in [-0.1, -0.05) is 12.1 Å². The largest absolute Gasteiger partial charge is 0.417 e. The number of carbonyl (C=O) groups is 2. The predicted octanol–water partition coefficient (Wildman–Crippen LogP) is 2.30. The van der Waals surface area contributed by atoms with E-state index in [0.29, 0.717) is 6.54 Å². The molecule has 0 saturated heterocycles. The van der Waals surface area contributed by atoms with Crippen LogP contribution in [0.5, 0.6) is 0 Å². The topological polar surface area (TPSA) is 49.4 Å². The summed E-state index contributed by atoms with van der Waals surface area (Å²) in [4.78, 5) is 24.8. The molecule has 0 aliphatic carbocycles. The summed E-state index contributed by atoms with van der Waals surface area (Å²) in [5.41, 5.74) is -1.44. The van der Waals surface area contributed by atoms with Crippen LogP contribution in [-0.2, 0) is 11.0 Å². The Labute approximate surface area is 120 Å². The number of carbonyl (C=O) groups excluding carboxylic acids is 2. The van der Waals surface area contributed by atoms with Gasteiger partial charge in [-0.2, -0.15) is 13.2 Å². The molecule has 0 fully saturated rings. The number of hydrogen-bond acceptors (Lipinski definition) is 2. The lowest BCUT2D eigenvalue weighted by molar-refractivity contribution is -0.138. The van der Waals surface area contributed by atoms with Crippen LogP contribution in [-0.4, -0.2) is 36.3 Å². The van der Waals surface area contributed by atoms with Crippen molar-refractivity contribution in [1.82, 2.24) is 10.2 Å². The number of nitrogens with zero attached hydrogens (tertiary/aromatic N) is 1. The van der Waals surface area contributed by atoms with Crippen molar-refractivity contribution in [2.24, 2.45) is 0 Å². The van der Waals surface area contributed by atoms with Crippen molar-refractivity contribution < 1.29 is 22.8 Å². The summed E-state index contributed by atoms with van der Waals surface area (Å²) in [6.07, 6.45) is -4.61. The molecule has 2 amide bonds. The van der Waals surface area contributed by atoms with Gasteiger partial charge in [0.25, 0.3) is 5.91 Å². The standard InChI is InChI=1S/C14H17F3N2O2/c1-3-18-12(20)9-19(4-2)13(21)10-7-5-6-8-11(10)14(15,16)17/h5-8H,3-4,9H2,1-2H3,(H,18,20). The number of rotatable bonds is 5. The van der Waals surface area contributed by atoms with E-state index in [0.717, 1.165) is 17.0 Å². The molecule has 0 spiro atoms. The Balaban J connectivity index is 3.04. The monoisotopic (exact) mass is 302 g/mol. The highest BCUT2D eigenvalue weighted by Crippen LogP contribution is 2.32. The summed E-state index contributed by atoms with van der Waals surface area (Å²) in [6, 6.07) is 4.56. The number of benzene rings is 1. The Morgan fingerprint density at radius 1 is 1.19 bits per heavy atom. The van der Waals surface area contributed by atoms with Gasteiger partial charge in [0.2, 0.25) is 5.91 Å². The molecule has 1 aromatic rings. The Hall–Kier alpha value is -2.05. The minimum absolute atomic E-state index is 0.141. The molecule has 7 heteroatoms. The van der Waals surface area contributed by atoms with E-state index in [9.17, 15) is 22.8 Å². The Kier molecular flexibility index (Phi) is 5.75. The normalized spacial score (nSPS) is 11.1. The van der Waals surface area contributed by atoms with Crippen LogP contribution in [0.3, 0.4) is 0 Å². The molecular weight excluding hydrogens is 285 g/mol. The van der Waals surface area contributed by atoms with Crippen LogP contribution in [0.15, 0.2) is 24.3 Å². The van der Waals surface area contributed by atoms with Gasteiger partial charge in [0.15, 0.2) is 0 Å². The minimum atomic E-state index is -4.61. The molecule has 4 nitrogen and oxygen atoms in total. The van der Waals surface area contributed by atoms with Crippen LogP contribution in [0.4, 0.5) is 13.2 Å². The van der Waals surface area contributed by atoms with Gasteiger partial charge in [0, 0.05) is 13.1 Å². The average Bonchev–Trinajstić information content (AvgIpc) is 2.43. The summed E-state index contributed by atoms with van der Waals surface area (Å²) in [6.45, 7) is 3.59. The fourth-order valence-electron chi connectivity index (χ4n) is 1.84. The van der Waals surface area contributed by atoms with Gasteiger partial charge in [0.1, 0.15) is 0 Å². The lowest BCUT2D eigenvalue weighted by atomic mass is 10.1. The first kappa shape index (κ1) is 17.0. The first-order chi connectivity index (χ1) is 9.81. The smallest absolute Gasteiger partial charge is 0.355 e. The summed E-state index contributed by atoms with van der Waals surface area (Å²) in [5, 5.41) is 2.51. The highest BCUT2D eigenvalue weighted by Gasteiger charge is 2.35. The first-order valence-corrected chi connectivity index (χ1v) is 6.53.